The highest BCUT2D eigenvalue weighted by atomic mass is 79.9. The van der Waals surface area contributed by atoms with E-state index in [0.717, 1.165) is 30.2 Å². The van der Waals surface area contributed by atoms with E-state index in [-0.39, 0.29) is 5.82 Å². The van der Waals surface area contributed by atoms with Crippen LogP contribution < -0.4 is 0 Å². The van der Waals surface area contributed by atoms with Gasteiger partial charge in [0.15, 0.2) is 0 Å². The van der Waals surface area contributed by atoms with Gasteiger partial charge in [-0.25, -0.2) is 4.39 Å². The van der Waals surface area contributed by atoms with E-state index in [1.807, 2.05) is 12.1 Å². The van der Waals surface area contributed by atoms with E-state index in [0.29, 0.717) is 0 Å². The Balaban J connectivity index is 2.46. The number of unbranched alkanes of at least 4 members (excludes halogenated alkanes) is 1. The maximum absolute atomic E-state index is 13.0. The molecule has 0 fully saturated rings. The molecule has 0 bridgehead atoms. The van der Waals surface area contributed by atoms with Gasteiger partial charge in [0.2, 0.25) is 0 Å². The predicted molar refractivity (Wildman–Crippen MR) is 53.1 cm³/mol. The minimum Gasteiger partial charge on any atom is -0.207 e. The Labute approximate surface area is 80.9 Å². The lowest BCUT2D eigenvalue weighted by atomic mass is 10.1. The molecule has 1 aromatic carbocycles. The van der Waals surface area contributed by atoms with E-state index in [9.17, 15) is 4.39 Å². The summed E-state index contributed by atoms with van der Waals surface area (Å²) in [5.74, 6) is -0.0768. The highest BCUT2D eigenvalue weighted by Crippen LogP contribution is 2.10. The molecule has 0 radical (unpaired) electrons. The van der Waals surface area contributed by atoms with Gasteiger partial charge in [0.1, 0.15) is 5.82 Å². The minimum atomic E-state index is -0.0768. The van der Waals surface area contributed by atoms with Gasteiger partial charge in [0.25, 0.3) is 0 Å². The molecule has 1 aromatic rings. The van der Waals surface area contributed by atoms with Gasteiger partial charge in [-0.05, 0) is 30.9 Å². The van der Waals surface area contributed by atoms with Crippen LogP contribution in [0.15, 0.2) is 24.3 Å². The number of aryl methyl sites for hydroxylation is 1. The first kappa shape index (κ1) is 9.72. The highest BCUT2D eigenvalue weighted by Gasteiger charge is 1.98. The molecule has 0 atom stereocenters. The molecule has 12 heavy (non-hydrogen) atoms. The van der Waals surface area contributed by atoms with Gasteiger partial charge < -0.3 is 0 Å². The van der Waals surface area contributed by atoms with Crippen LogP contribution in [0.1, 0.15) is 18.4 Å². The standard InChI is InChI=1S/C10H12BrF/c11-8-4-3-6-9-5-1-2-7-10(9)12/h1-2,5,7H,3-4,6,8H2. The third-order valence-electron chi connectivity index (χ3n) is 1.79. The Hall–Kier alpha value is -0.370. The van der Waals surface area contributed by atoms with Gasteiger partial charge in [-0.15, -0.1) is 0 Å². The molecular weight excluding hydrogens is 219 g/mol. The predicted octanol–water partition coefficient (Wildman–Crippen LogP) is 3.54. The van der Waals surface area contributed by atoms with Crippen molar-refractivity contribution in [2.75, 3.05) is 5.33 Å². The maximum atomic E-state index is 13.0. The van der Waals surface area contributed by atoms with E-state index >= 15 is 0 Å². The number of rotatable bonds is 4. The topological polar surface area (TPSA) is 0 Å². The number of benzene rings is 1. The fourth-order valence-corrected chi connectivity index (χ4v) is 1.51. The number of halogens is 2. The van der Waals surface area contributed by atoms with E-state index in [1.54, 1.807) is 6.07 Å². The van der Waals surface area contributed by atoms with Crippen LogP contribution in [0, 0.1) is 5.82 Å². The second kappa shape index (κ2) is 5.31. The lowest BCUT2D eigenvalue weighted by Crippen LogP contribution is -1.90. The van der Waals surface area contributed by atoms with Gasteiger partial charge in [-0.2, -0.15) is 0 Å². The summed E-state index contributed by atoms with van der Waals surface area (Å²) in [6.07, 6.45) is 3.00. The molecule has 0 amide bonds. The molecular formula is C10H12BrF. The van der Waals surface area contributed by atoms with E-state index in [4.69, 9.17) is 0 Å². The molecule has 0 aliphatic carbocycles. The molecule has 0 saturated heterocycles. The molecule has 0 unspecified atom stereocenters. The van der Waals surface area contributed by atoms with Crippen molar-refractivity contribution in [3.8, 4) is 0 Å². The van der Waals surface area contributed by atoms with Gasteiger partial charge in [-0.3, -0.25) is 0 Å². The zero-order chi connectivity index (χ0) is 8.81. The number of hydrogen-bond donors (Lipinski definition) is 0. The Bertz CT molecular complexity index is 235. The van der Waals surface area contributed by atoms with E-state index < -0.39 is 0 Å². The maximum Gasteiger partial charge on any atom is 0.126 e. The Morgan fingerprint density at radius 2 is 1.92 bits per heavy atom. The lowest BCUT2D eigenvalue weighted by molar-refractivity contribution is 0.603. The summed E-state index contributed by atoms with van der Waals surface area (Å²) in [6.45, 7) is 0. The van der Waals surface area contributed by atoms with Gasteiger partial charge in [0, 0.05) is 5.33 Å². The van der Waals surface area contributed by atoms with Crippen molar-refractivity contribution in [2.45, 2.75) is 19.3 Å². The molecule has 0 heterocycles. The zero-order valence-corrected chi connectivity index (χ0v) is 8.48. The average molecular weight is 231 g/mol. The molecule has 2 heteroatoms. The second-order valence-corrected chi connectivity index (χ2v) is 3.53. The normalized spacial score (nSPS) is 10.2. The Kier molecular flexibility index (Phi) is 4.30. The fraction of sp³-hybridized carbons (Fsp3) is 0.400. The van der Waals surface area contributed by atoms with Crippen LogP contribution in [-0.4, -0.2) is 5.33 Å². The smallest absolute Gasteiger partial charge is 0.126 e. The van der Waals surface area contributed by atoms with Crippen molar-refractivity contribution in [3.63, 3.8) is 0 Å². The van der Waals surface area contributed by atoms with Gasteiger partial charge in [0.05, 0.1) is 0 Å². The Morgan fingerprint density at radius 1 is 1.17 bits per heavy atom. The van der Waals surface area contributed by atoms with Crippen LogP contribution in [0.25, 0.3) is 0 Å². The molecule has 0 nitrogen and oxygen atoms in total. The van der Waals surface area contributed by atoms with Crippen LogP contribution in [0.5, 0.6) is 0 Å². The lowest BCUT2D eigenvalue weighted by Gasteiger charge is -2.00. The monoisotopic (exact) mass is 230 g/mol. The molecule has 1 rings (SSSR count). The molecule has 0 N–H and O–H groups in total. The minimum absolute atomic E-state index is 0.0768. The molecule has 66 valence electrons. The first-order valence-corrected chi connectivity index (χ1v) is 5.26. The quantitative estimate of drug-likeness (QED) is 0.549. The average Bonchev–Trinajstić information content (AvgIpc) is 2.09. The number of alkyl halides is 1. The summed E-state index contributed by atoms with van der Waals surface area (Å²) in [6, 6.07) is 6.98. The van der Waals surface area contributed by atoms with Crippen LogP contribution in [-0.2, 0) is 6.42 Å². The second-order valence-electron chi connectivity index (χ2n) is 2.74. The van der Waals surface area contributed by atoms with Crippen LogP contribution in [0.2, 0.25) is 0 Å². The molecule has 0 aliphatic rings. The first-order chi connectivity index (χ1) is 5.84. The molecule has 0 saturated carbocycles. The van der Waals surface area contributed by atoms with Crippen LogP contribution in [0.4, 0.5) is 4.39 Å². The van der Waals surface area contributed by atoms with E-state index in [2.05, 4.69) is 15.9 Å². The summed E-state index contributed by atoms with van der Waals surface area (Å²) < 4.78 is 13.0. The molecule has 0 aromatic heterocycles. The largest absolute Gasteiger partial charge is 0.207 e. The third kappa shape index (κ3) is 2.94. The zero-order valence-electron chi connectivity index (χ0n) is 6.89. The van der Waals surface area contributed by atoms with Crippen molar-refractivity contribution in [3.05, 3.63) is 35.6 Å². The Morgan fingerprint density at radius 3 is 2.58 bits per heavy atom. The molecule has 0 spiro atoms. The van der Waals surface area contributed by atoms with Crippen molar-refractivity contribution < 1.29 is 4.39 Å². The van der Waals surface area contributed by atoms with Crippen molar-refractivity contribution >= 4 is 15.9 Å². The summed E-state index contributed by atoms with van der Waals surface area (Å²) in [5, 5.41) is 1.00. The fourth-order valence-electron chi connectivity index (χ4n) is 1.11. The summed E-state index contributed by atoms with van der Waals surface area (Å²) in [4.78, 5) is 0. The summed E-state index contributed by atoms with van der Waals surface area (Å²) in [7, 11) is 0. The summed E-state index contributed by atoms with van der Waals surface area (Å²) in [5.41, 5.74) is 0.832. The van der Waals surface area contributed by atoms with Crippen molar-refractivity contribution in [1.82, 2.24) is 0 Å². The van der Waals surface area contributed by atoms with Crippen LogP contribution in [0.3, 0.4) is 0 Å². The third-order valence-corrected chi connectivity index (χ3v) is 2.35. The molecule has 0 aliphatic heterocycles. The highest BCUT2D eigenvalue weighted by molar-refractivity contribution is 9.09. The number of hydrogen-bond acceptors (Lipinski definition) is 0. The van der Waals surface area contributed by atoms with Gasteiger partial charge in [-0.1, -0.05) is 34.1 Å². The van der Waals surface area contributed by atoms with Gasteiger partial charge >= 0.3 is 0 Å². The van der Waals surface area contributed by atoms with E-state index in [1.165, 1.54) is 6.07 Å². The first-order valence-electron chi connectivity index (χ1n) is 4.14. The van der Waals surface area contributed by atoms with Crippen molar-refractivity contribution in [1.29, 1.82) is 0 Å². The van der Waals surface area contributed by atoms with Crippen molar-refractivity contribution in [2.24, 2.45) is 0 Å². The van der Waals surface area contributed by atoms with Crippen LogP contribution >= 0.6 is 15.9 Å². The summed E-state index contributed by atoms with van der Waals surface area (Å²) >= 11 is 3.35. The SMILES string of the molecule is Fc1ccccc1CCCCBr.